The van der Waals surface area contributed by atoms with E-state index in [9.17, 15) is 0 Å². The molecule has 11 rings (SSSR count). The number of para-hydroxylation sites is 2. The average molecular weight is 639 g/mol. The van der Waals surface area contributed by atoms with Crippen molar-refractivity contribution >= 4 is 59.9 Å². The van der Waals surface area contributed by atoms with Crippen LogP contribution in [0.4, 0.5) is 0 Å². The normalized spacial score (nSPS) is 17.8. The highest BCUT2D eigenvalue weighted by Gasteiger charge is 2.44. The minimum Gasteiger partial charge on any atom is -0.292 e. The maximum Gasteiger partial charge on any atom is 0.146 e. The van der Waals surface area contributed by atoms with Crippen LogP contribution < -0.4 is 0 Å². The lowest BCUT2D eigenvalue weighted by atomic mass is 9.74. The number of imidazole rings is 1. The van der Waals surface area contributed by atoms with Gasteiger partial charge >= 0.3 is 0 Å². The third-order valence-corrected chi connectivity index (χ3v) is 11.8. The number of hydrogen-bond donors (Lipinski definition) is 0. The van der Waals surface area contributed by atoms with Gasteiger partial charge in [-0.3, -0.25) is 4.40 Å². The monoisotopic (exact) mass is 638 g/mol. The Balaban J connectivity index is 1.05. The lowest BCUT2D eigenvalue weighted by Crippen LogP contribution is -2.24. The molecule has 2 aromatic heterocycles. The van der Waals surface area contributed by atoms with Crippen molar-refractivity contribution in [1.29, 1.82) is 0 Å². The van der Waals surface area contributed by atoms with Gasteiger partial charge in [0.25, 0.3) is 0 Å². The molecule has 2 nitrogen and oxygen atoms in total. The fraction of sp³-hybridized carbons (Fsp3) is 0.104. The molecule has 2 aliphatic rings. The fourth-order valence-corrected chi connectivity index (χ4v) is 9.27. The molecule has 2 heterocycles. The van der Waals surface area contributed by atoms with Crippen LogP contribution in [0, 0.1) is 5.92 Å². The fourth-order valence-electron chi connectivity index (χ4n) is 9.27. The number of allylic oxidation sites excluding steroid dienone is 4. The summed E-state index contributed by atoms with van der Waals surface area (Å²) in [7, 11) is 0. The predicted molar refractivity (Wildman–Crippen MR) is 211 cm³/mol. The summed E-state index contributed by atoms with van der Waals surface area (Å²) < 4.78 is 2.36. The minimum absolute atomic E-state index is 0.108. The maximum atomic E-state index is 5.18. The van der Waals surface area contributed by atoms with Gasteiger partial charge in [-0.05, 0) is 103 Å². The Kier molecular flexibility index (Phi) is 5.60. The summed E-state index contributed by atoms with van der Waals surface area (Å²) in [6, 6.07) is 49.6. The highest BCUT2D eigenvalue weighted by molar-refractivity contribution is 6.24. The summed E-state index contributed by atoms with van der Waals surface area (Å²) in [5.74, 6) is 0.996. The van der Waals surface area contributed by atoms with Crippen molar-refractivity contribution in [1.82, 2.24) is 9.38 Å². The van der Waals surface area contributed by atoms with Gasteiger partial charge in [0.2, 0.25) is 0 Å². The van der Waals surface area contributed by atoms with E-state index in [2.05, 4.69) is 176 Å². The Bertz CT molecular complexity index is 2970. The second-order valence-corrected chi connectivity index (χ2v) is 14.8. The van der Waals surface area contributed by atoms with Crippen LogP contribution in [0.2, 0.25) is 0 Å². The molecule has 0 fully saturated rings. The zero-order chi connectivity index (χ0) is 33.1. The van der Waals surface area contributed by atoms with Gasteiger partial charge in [0, 0.05) is 22.1 Å². The molecule has 2 atom stereocenters. The van der Waals surface area contributed by atoms with Crippen LogP contribution in [0.3, 0.4) is 0 Å². The van der Waals surface area contributed by atoms with Gasteiger partial charge in [-0.1, -0.05) is 135 Å². The standard InChI is InChI=1S/C48H34N2/c1-48(2)41-12-6-5-11-37(41)38-22-20-34(27-42(38)48)32-17-15-31-26-33(18-16-30(31)25-32)35-21-23-39-45(28-35)50-44-14-8-7-13-43(44)49-47(50)40-24-19-29-9-3-4-10-36(29)46(39)40/h3-28,37,41H,1-2H3. The van der Waals surface area contributed by atoms with Crippen LogP contribution in [0.15, 0.2) is 158 Å². The van der Waals surface area contributed by atoms with E-state index in [0.717, 1.165) is 16.7 Å². The van der Waals surface area contributed by atoms with Crippen LogP contribution >= 0.6 is 0 Å². The molecule has 0 bridgehead atoms. The van der Waals surface area contributed by atoms with E-state index in [-0.39, 0.29) is 5.41 Å². The van der Waals surface area contributed by atoms with Crippen molar-refractivity contribution in [3.63, 3.8) is 0 Å². The van der Waals surface area contributed by atoms with Crippen molar-refractivity contribution in [2.24, 2.45) is 5.92 Å². The summed E-state index contributed by atoms with van der Waals surface area (Å²) in [4.78, 5) is 5.18. The molecule has 0 saturated carbocycles. The van der Waals surface area contributed by atoms with Gasteiger partial charge in [0.05, 0.1) is 16.6 Å². The Hall–Kier alpha value is -5.99. The first-order valence-corrected chi connectivity index (χ1v) is 17.7. The molecule has 0 radical (unpaired) electrons. The second kappa shape index (κ2) is 10.0. The number of rotatable bonds is 2. The van der Waals surface area contributed by atoms with Crippen molar-refractivity contribution < 1.29 is 0 Å². The molecule has 0 amide bonds. The summed E-state index contributed by atoms with van der Waals surface area (Å²) in [6.45, 7) is 4.81. The van der Waals surface area contributed by atoms with Gasteiger partial charge in [-0.25, -0.2) is 4.98 Å². The first-order chi connectivity index (χ1) is 24.5. The Labute approximate surface area is 290 Å². The smallest absolute Gasteiger partial charge is 0.146 e. The van der Waals surface area contributed by atoms with Crippen LogP contribution in [-0.2, 0) is 5.41 Å². The van der Waals surface area contributed by atoms with E-state index in [0.29, 0.717) is 11.8 Å². The number of pyridine rings is 1. The first kappa shape index (κ1) is 27.9. The molecule has 7 aromatic carbocycles. The van der Waals surface area contributed by atoms with E-state index < -0.39 is 0 Å². The number of aromatic nitrogens is 2. The molecule has 2 aliphatic carbocycles. The van der Waals surface area contributed by atoms with Gasteiger partial charge in [-0.15, -0.1) is 0 Å². The van der Waals surface area contributed by atoms with E-state index in [1.165, 1.54) is 76.6 Å². The van der Waals surface area contributed by atoms with Gasteiger partial charge in [-0.2, -0.15) is 0 Å². The van der Waals surface area contributed by atoms with E-state index in [4.69, 9.17) is 4.98 Å². The SMILES string of the molecule is CC1(C)c2cc(-c3ccc4cc(-c5ccc6c7c8ccccc8ccc7c7nc8ccccc8n7c6c5)ccc4c3)ccc2C2C=CC=CC21. The predicted octanol–water partition coefficient (Wildman–Crippen LogP) is 12.6. The number of fused-ring (bicyclic) bond motifs is 14. The largest absolute Gasteiger partial charge is 0.292 e. The van der Waals surface area contributed by atoms with E-state index >= 15 is 0 Å². The number of hydrogen-bond acceptors (Lipinski definition) is 1. The van der Waals surface area contributed by atoms with Crippen molar-refractivity contribution in [3.05, 3.63) is 169 Å². The van der Waals surface area contributed by atoms with Gasteiger partial charge < -0.3 is 0 Å². The lowest BCUT2D eigenvalue weighted by Gasteiger charge is -2.29. The molecule has 0 aliphatic heterocycles. The molecule has 236 valence electrons. The molecular formula is C48H34N2. The van der Waals surface area contributed by atoms with Crippen molar-refractivity contribution in [3.8, 4) is 22.3 Å². The highest BCUT2D eigenvalue weighted by atomic mass is 15.0. The Morgan fingerprint density at radius 2 is 1.20 bits per heavy atom. The molecule has 9 aromatic rings. The molecule has 2 heteroatoms. The maximum absolute atomic E-state index is 5.18. The molecule has 0 saturated heterocycles. The molecule has 2 unspecified atom stereocenters. The summed E-state index contributed by atoms with van der Waals surface area (Å²) in [5.41, 5.74) is 12.4. The van der Waals surface area contributed by atoms with Crippen LogP contribution in [0.5, 0.6) is 0 Å². The molecule has 50 heavy (non-hydrogen) atoms. The first-order valence-electron chi connectivity index (χ1n) is 17.7. The second-order valence-electron chi connectivity index (χ2n) is 14.8. The zero-order valence-electron chi connectivity index (χ0n) is 28.1. The lowest BCUT2D eigenvalue weighted by molar-refractivity contribution is 0.394. The summed E-state index contributed by atoms with van der Waals surface area (Å²) in [5, 5.41) is 8.70. The minimum atomic E-state index is 0.108. The summed E-state index contributed by atoms with van der Waals surface area (Å²) in [6.07, 6.45) is 9.21. The highest BCUT2D eigenvalue weighted by Crippen LogP contribution is 2.53. The number of nitrogens with zero attached hydrogens (tertiary/aromatic N) is 2. The van der Waals surface area contributed by atoms with Crippen molar-refractivity contribution in [2.45, 2.75) is 25.2 Å². The van der Waals surface area contributed by atoms with E-state index in [1.54, 1.807) is 0 Å². The average Bonchev–Trinajstić information content (AvgIpc) is 3.67. The van der Waals surface area contributed by atoms with Crippen LogP contribution in [0.25, 0.3) is 82.2 Å². The Morgan fingerprint density at radius 3 is 2.06 bits per heavy atom. The quantitative estimate of drug-likeness (QED) is 0.172. The molecular weight excluding hydrogens is 605 g/mol. The van der Waals surface area contributed by atoms with E-state index in [1.807, 2.05) is 0 Å². The Morgan fingerprint density at radius 1 is 0.540 bits per heavy atom. The van der Waals surface area contributed by atoms with Crippen LogP contribution in [-0.4, -0.2) is 9.38 Å². The van der Waals surface area contributed by atoms with Gasteiger partial charge in [0.15, 0.2) is 0 Å². The molecule has 0 N–H and O–H groups in total. The zero-order valence-corrected chi connectivity index (χ0v) is 28.1. The topological polar surface area (TPSA) is 17.3 Å². The van der Waals surface area contributed by atoms with Gasteiger partial charge in [0.1, 0.15) is 5.65 Å². The van der Waals surface area contributed by atoms with Crippen LogP contribution in [0.1, 0.15) is 30.9 Å². The summed E-state index contributed by atoms with van der Waals surface area (Å²) >= 11 is 0. The third kappa shape index (κ3) is 3.82. The molecule has 0 spiro atoms. The number of benzene rings is 7. The third-order valence-electron chi connectivity index (χ3n) is 11.8. The van der Waals surface area contributed by atoms with Crippen molar-refractivity contribution in [2.75, 3.05) is 0 Å².